The van der Waals surface area contributed by atoms with Crippen LogP contribution in [0.3, 0.4) is 0 Å². The Morgan fingerprint density at radius 2 is 1.72 bits per heavy atom. The number of halogens is 1. The van der Waals surface area contributed by atoms with Crippen molar-refractivity contribution in [1.82, 2.24) is 4.98 Å². The monoisotopic (exact) mass is 610 g/mol. The molecule has 216 valence electrons. The van der Waals surface area contributed by atoms with Crippen LogP contribution in [0.4, 0.5) is 5.13 Å². The molecule has 0 bridgehead atoms. The minimum atomic E-state index is -0.972. The van der Waals surface area contributed by atoms with Gasteiger partial charge >= 0.3 is 5.91 Å². The number of nitrogens with zero attached hydrogens (tertiary/aromatic N) is 2. The highest BCUT2D eigenvalue weighted by Gasteiger charge is 2.48. The molecule has 6 rings (SSSR count). The molecular weight excluding hydrogens is 584 g/mol. The summed E-state index contributed by atoms with van der Waals surface area (Å²) in [6.07, 6.45) is 0. The molecule has 1 N–H and O–H groups in total. The molecule has 1 saturated heterocycles. The van der Waals surface area contributed by atoms with E-state index in [-0.39, 0.29) is 11.3 Å². The van der Waals surface area contributed by atoms with Gasteiger partial charge in [-0.1, -0.05) is 89.2 Å². The quantitative estimate of drug-likeness (QED) is 0.109. The first-order chi connectivity index (χ1) is 20.8. The number of anilines is 1. The standard InChI is InChI=1S/C34H27ClN2O5S/c1-3-41-27-17-23(13-16-26(27)42-19-21-7-5-4-6-8-21)30-29(31(38)22-11-9-20(2)10-12-22)32(39)33(40)37(30)34-36-25-15-14-24(35)18-28(25)43-34/h4-18,30,38H,3,19H2,1-2H3. The molecule has 43 heavy (non-hydrogen) atoms. The van der Waals surface area contributed by atoms with Gasteiger partial charge in [0.25, 0.3) is 5.78 Å². The number of aliphatic hydroxyl groups excluding tert-OH is 1. The Morgan fingerprint density at radius 1 is 0.953 bits per heavy atom. The van der Waals surface area contributed by atoms with E-state index in [1.165, 1.54) is 16.2 Å². The van der Waals surface area contributed by atoms with Crippen LogP contribution in [0.15, 0.2) is 96.6 Å². The van der Waals surface area contributed by atoms with E-state index in [0.29, 0.717) is 51.5 Å². The number of carbonyl (C=O) groups is 2. The molecule has 1 aliphatic heterocycles. The number of ketones is 1. The van der Waals surface area contributed by atoms with Crippen LogP contribution in [0.25, 0.3) is 16.0 Å². The molecule has 2 heterocycles. The maximum Gasteiger partial charge on any atom is 0.301 e. The molecule has 1 unspecified atom stereocenters. The van der Waals surface area contributed by atoms with E-state index in [2.05, 4.69) is 4.98 Å². The first kappa shape index (κ1) is 28.5. The number of rotatable bonds is 8. The SMILES string of the molecule is CCOc1cc(C2C(=C(O)c3ccc(C)cc3)C(=O)C(=O)N2c2nc3ccc(Cl)cc3s2)ccc1OCc1ccccc1. The lowest BCUT2D eigenvalue weighted by molar-refractivity contribution is -0.132. The van der Waals surface area contributed by atoms with Crippen LogP contribution in [0.5, 0.6) is 11.5 Å². The van der Waals surface area contributed by atoms with Crippen molar-refractivity contribution in [2.45, 2.75) is 26.5 Å². The molecule has 9 heteroatoms. The molecular formula is C34H27ClN2O5S. The van der Waals surface area contributed by atoms with Crippen molar-refractivity contribution in [3.05, 3.63) is 124 Å². The Bertz CT molecular complexity index is 1870. The van der Waals surface area contributed by atoms with Gasteiger partial charge in [0.15, 0.2) is 16.6 Å². The van der Waals surface area contributed by atoms with E-state index in [1.807, 2.05) is 56.3 Å². The summed E-state index contributed by atoms with van der Waals surface area (Å²) in [6, 6.07) is 26.5. The molecule has 1 aromatic heterocycles. The second kappa shape index (κ2) is 11.9. The molecule has 0 radical (unpaired) electrons. The molecule has 1 amide bonds. The molecule has 1 fully saturated rings. The van der Waals surface area contributed by atoms with Crippen molar-refractivity contribution in [2.24, 2.45) is 0 Å². The third-order valence-corrected chi connectivity index (χ3v) is 8.39. The highest BCUT2D eigenvalue weighted by atomic mass is 35.5. The van der Waals surface area contributed by atoms with Crippen molar-refractivity contribution in [3.63, 3.8) is 0 Å². The molecule has 4 aromatic carbocycles. The normalized spacial score (nSPS) is 16.2. The Labute approximate surface area is 257 Å². The maximum absolute atomic E-state index is 13.7. The van der Waals surface area contributed by atoms with E-state index in [4.69, 9.17) is 21.1 Å². The number of hydrogen-bond donors (Lipinski definition) is 1. The second-order valence-corrected chi connectivity index (χ2v) is 11.5. The molecule has 0 aliphatic carbocycles. The average molecular weight is 611 g/mol. The third-order valence-electron chi connectivity index (χ3n) is 7.14. The van der Waals surface area contributed by atoms with Gasteiger partial charge in [0.1, 0.15) is 12.4 Å². The summed E-state index contributed by atoms with van der Waals surface area (Å²) in [5.74, 6) is -0.890. The van der Waals surface area contributed by atoms with E-state index in [0.717, 1.165) is 15.8 Å². The van der Waals surface area contributed by atoms with Gasteiger partial charge in [-0.05, 0) is 55.3 Å². The van der Waals surface area contributed by atoms with Gasteiger partial charge < -0.3 is 14.6 Å². The lowest BCUT2D eigenvalue weighted by Crippen LogP contribution is -2.29. The number of carbonyl (C=O) groups excluding carboxylic acids is 2. The van der Waals surface area contributed by atoms with Crippen molar-refractivity contribution < 1.29 is 24.2 Å². The largest absolute Gasteiger partial charge is 0.507 e. The fraction of sp³-hybridized carbons (Fsp3) is 0.147. The molecule has 1 atom stereocenters. The van der Waals surface area contributed by atoms with E-state index in [9.17, 15) is 14.7 Å². The summed E-state index contributed by atoms with van der Waals surface area (Å²) in [5.41, 5.74) is 3.58. The maximum atomic E-state index is 13.7. The first-order valence-corrected chi connectivity index (χ1v) is 14.9. The number of fused-ring (bicyclic) bond motifs is 1. The van der Waals surface area contributed by atoms with Crippen LogP contribution < -0.4 is 14.4 Å². The lowest BCUT2D eigenvalue weighted by atomic mass is 9.95. The summed E-state index contributed by atoms with van der Waals surface area (Å²) >= 11 is 7.46. The van der Waals surface area contributed by atoms with Gasteiger partial charge in [0.2, 0.25) is 0 Å². The topological polar surface area (TPSA) is 89.0 Å². The number of aliphatic hydroxyl groups is 1. The van der Waals surface area contributed by atoms with Gasteiger partial charge in [-0.25, -0.2) is 4.98 Å². The zero-order valence-electron chi connectivity index (χ0n) is 23.4. The predicted molar refractivity (Wildman–Crippen MR) is 169 cm³/mol. The Hall–Kier alpha value is -4.66. The van der Waals surface area contributed by atoms with Gasteiger partial charge in [0.05, 0.1) is 28.4 Å². The highest BCUT2D eigenvalue weighted by molar-refractivity contribution is 7.22. The van der Waals surface area contributed by atoms with Gasteiger partial charge in [0, 0.05) is 10.6 Å². The molecule has 5 aromatic rings. The fourth-order valence-corrected chi connectivity index (χ4v) is 6.29. The van der Waals surface area contributed by atoms with Crippen LogP contribution in [0.1, 0.15) is 35.2 Å². The Balaban J connectivity index is 1.49. The van der Waals surface area contributed by atoms with Gasteiger partial charge in [-0.3, -0.25) is 14.5 Å². The fourth-order valence-electron chi connectivity index (χ4n) is 5.02. The van der Waals surface area contributed by atoms with Crippen LogP contribution in [-0.4, -0.2) is 28.4 Å². The van der Waals surface area contributed by atoms with Crippen molar-refractivity contribution in [1.29, 1.82) is 0 Å². The predicted octanol–water partition coefficient (Wildman–Crippen LogP) is 7.86. The minimum Gasteiger partial charge on any atom is -0.507 e. The number of thiazole rings is 1. The summed E-state index contributed by atoms with van der Waals surface area (Å²) in [4.78, 5) is 33.3. The minimum absolute atomic E-state index is 0.0356. The molecule has 7 nitrogen and oxygen atoms in total. The first-order valence-electron chi connectivity index (χ1n) is 13.7. The zero-order chi connectivity index (χ0) is 30.1. The van der Waals surface area contributed by atoms with E-state index in [1.54, 1.807) is 48.5 Å². The summed E-state index contributed by atoms with van der Waals surface area (Å²) < 4.78 is 12.8. The molecule has 0 saturated carbocycles. The Morgan fingerprint density at radius 3 is 2.47 bits per heavy atom. The van der Waals surface area contributed by atoms with Crippen LogP contribution in [0.2, 0.25) is 5.02 Å². The van der Waals surface area contributed by atoms with Crippen molar-refractivity contribution in [2.75, 3.05) is 11.5 Å². The summed E-state index contributed by atoms with van der Waals surface area (Å²) in [5, 5.41) is 12.3. The Kier molecular flexibility index (Phi) is 7.88. The van der Waals surface area contributed by atoms with Crippen molar-refractivity contribution in [3.8, 4) is 11.5 Å². The number of Topliss-reactive ketones (excluding diaryl/α,β-unsaturated/α-hetero) is 1. The summed E-state index contributed by atoms with van der Waals surface area (Å²) in [6.45, 7) is 4.50. The number of aromatic nitrogens is 1. The molecule has 0 spiro atoms. The second-order valence-electron chi connectivity index (χ2n) is 10.1. The van der Waals surface area contributed by atoms with Gasteiger partial charge in [-0.2, -0.15) is 0 Å². The number of hydrogen-bond acceptors (Lipinski definition) is 7. The van der Waals surface area contributed by atoms with E-state index < -0.39 is 17.7 Å². The summed E-state index contributed by atoms with van der Waals surface area (Å²) in [7, 11) is 0. The number of amides is 1. The average Bonchev–Trinajstić information content (AvgIpc) is 3.54. The smallest absolute Gasteiger partial charge is 0.301 e. The molecule has 1 aliphatic rings. The van der Waals surface area contributed by atoms with Crippen LogP contribution in [-0.2, 0) is 16.2 Å². The van der Waals surface area contributed by atoms with Crippen LogP contribution >= 0.6 is 22.9 Å². The van der Waals surface area contributed by atoms with Crippen molar-refractivity contribution >= 4 is 55.7 Å². The van der Waals surface area contributed by atoms with Crippen LogP contribution in [0, 0.1) is 6.92 Å². The number of benzene rings is 4. The third kappa shape index (κ3) is 5.59. The highest BCUT2D eigenvalue weighted by Crippen LogP contribution is 2.46. The number of ether oxygens (including phenoxy) is 2. The van der Waals surface area contributed by atoms with Gasteiger partial charge in [-0.15, -0.1) is 0 Å². The van der Waals surface area contributed by atoms with E-state index >= 15 is 0 Å². The number of aryl methyl sites for hydroxylation is 1. The zero-order valence-corrected chi connectivity index (χ0v) is 25.0. The lowest BCUT2D eigenvalue weighted by Gasteiger charge is -2.24.